The summed E-state index contributed by atoms with van der Waals surface area (Å²) in [5.41, 5.74) is 7.86. The third-order valence-corrected chi connectivity index (χ3v) is 5.14. The molecule has 0 bridgehead atoms. The Morgan fingerprint density at radius 3 is 2.67 bits per heavy atom. The fourth-order valence-corrected chi connectivity index (χ4v) is 3.44. The number of halogens is 1. The summed E-state index contributed by atoms with van der Waals surface area (Å²) in [6, 6.07) is 8.12. The highest BCUT2D eigenvalue weighted by atomic mass is 19.1. The number of rotatable bonds is 4. The molecule has 2 atom stereocenters. The van der Waals surface area contributed by atoms with E-state index in [9.17, 15) is 9.50 Å². The number of aliphatic hydroxyl groups is 1. The Labute approximate surface area is 140 Å². The summed E-state index contributed by atoms with van der Waals surface area (Å²) in [6.45, 7) is 2.81. The molecule has 0 radical (unpaired) electrons. The third-order valence-electron chi connectivity index (χ3n) is 5.14. The Morgan fingerprint density at radius 2 is 2.04 bits per heavy atom. The zero-order valence-electron chi connectivity index (χ0n) is 13.6. The fourth-order valence-electron chi connectivity index (χ4n) is 3.44. The molecule has 0 saturated heterocycles. The average Bonchev–Trinajstić information content (AvgIpc) is 3.39. The van der Waals surface area contributed by atoms with Gasteiger partial charge in [0.15, 0.2) is 0 Å². The first-order valence-electron chi connectivity index (χ1n) is 8.39. The van der Waals surface area contributed by atoms with E-state index in [1.54, 1.807) is 12.1 Å². The third kappa shape index (κ3) is 2.39. The molecule has 2 aliphatic rings. The minimum atomic E-state index is -1.11. The number of pyridine rings is 1. The fraction of sp³-hybridized carbons (Fsp3) is 0.421. The van der Waals surface area contributed by atoms with Crippen LogP contribution in [0, 0.1) is 11.7 Å². The Kier molecular flexibility index (Phi) is 3.58. The van der Waals surface area contributed by atoms with Gasteiger partial charge in [0.25, 0.3) is 0 Å². The Hall–Kier alpha value is -1.98. The largest absolute Gasteiger partial charge is 0.490 e. The number of nitrogens with two attached hydrogens (primary N) is 1. The molecule has 2 aromatic rings. The van der Waals surface area contributed by atoms with Crippen molar-refractivity contribution in [1.82, 2.24) is 4.98 Å². The zero-order chi connectivity index (χ0) is 16.9. The van der Waals surface area contributed by atoms with Crippen molar-refractivity contribution in [3.05, 3.63) is 47.4 Å². The zero-order valence-corrected chi connectivity index (χ0v) is 13.6. The molecule has 2 heterocycles. The van der Waals surface area contributed by atoms with Crippen LogP contribution in [0.1, 0.15) is 36.9 Å². The minimum Gasteiger partial charge on any atom is -0.490 e. The van der Waals surface area contributed by atoms with Gasteiger partial charge in [0.2, 0.25) is 0 Å². The number of aromatic nitrogens is 1. The molecular formula is C19H21FN2O2. The normalized spacial score (nSPS) is 21.9. The smallest absolute Gasteiger partial charge is 0.149 e. The van der Waals surface area contributed by atoms with Crippen molar-refractivity contribution >= 4 is 0 Å². The van der Waals surface area contributed by atoms with E-state index in [0.717, 1.165) is 29.7 Å². The second-order valence-corrected chi connectivity index (χ2v) is 6.90. The standard InChI is InChI=1S/C19H21FN2O2/c1-11-9-24-18-15(11)8-16(19(23,10-21)13-4-5-13)22-17(18)12-2-6-14(20)7-3-12/h2-3,6-8,11,13,23H,4-5,9-10,21H2,1H3/t11-,19?/m1/s1. The van der Waals surface area contributed by atoms with E-state index in [2.05, 4.69) is 6.92 Å². The predicted octanol–water partition coefficient (Wildman–Crippen LogP) is 2.94. The van der Waals surface area contributed by atoms with Gasteiger partial charge in [-0.2, -0.15) is 0 Å². The molecule has 1 aliphatic carbocycles. The molecule has 3 N–H and O–H groups in total. The van der Waals surface area contributed by atoms with E-state index < -0.39 is 5.60 Å². The molecule has 5 heteroatoms. The van der Waals surface area contributed by atoms with Gasteiger partial charge in [-0.1, -0.05) is 6.92 Å². The van der Waals surface area contributed by atoms with E-state index in [4.69, 9.17) is 15.5 Å². The molecule has 0 spiro atoms. The summed E-state index contributed by atoms with van der Waals surface area (Å²) in [4.78, 5) is 4.71. The summed E-state index contributed by atoms with van der Waals surface area (Å²) in [5.74, 6) is 0.819. The van der Waals surface area contributed by atoms with Gasteiger partial charge in [0.1, 0.15) is 22.9 Å². The number of nitrogens with zero attached hydrogens (tertiary/aromatic N) is 1. The van der Waals surface area contributed by atoms with Gasteiger partial charge < -0.3 is 15.6 Å². The van der Waals surface area contributed by atoms with E-state index >= 15 is 0 Å². The minimum absolute atomic E-state index is 0.140. The predicted molar refractivity (Wildman–Crippen MR) is 89.2 cm³/mol. The van der Waals surface area contributed by atoms with Gasteiger partial charge in [0.05, 0.1) is 12.3 Å². The van der Waals surface area contributed by atoms with Crippen molar-refractivity contribution in [2.24, 2.45) is 11.7 Å². The molecule has 24 heavy (non-hydrogen) atoms. The number of hydrogen-bond acceptors (Lipinski definition) is 4. The highest BCUT2D eigenvalue weighted by Gasteiger charge is 2.46. The summed E-state index contributed by atoms with van der Waals surface area (Å²) in [6.07, 6.45) is 1.93. The van der Waals surface area contributed by atoms with Gasteiger partial charge >= 0.3 is 0 Å². The van der Waals surface area contributed by atoms with E-state index in [1.165, 1.54) is 12.1 Å². The lowest BCUT2D eigenvalue weighted by Crippen LogP contribution is -2.38. The Morgan fingerprint density at radius 1 is 1.33 bits per heavy atom. The van der Waals surface area contributed by atoms with Crippen LogP contribution in [0.5, 0.6) is 5.75 Å². The first-order chi connectivity index (χ1) is 11.5. The monoisotopic (exact) mass is 328 g/mol. The number of fused-ring (bicyclic) bond motifs is 1. The SMILES string of the molecule is C[C@@H]1COc2c1cc(C(O)(CN)C1CC1)nc2-c1ccc(F)cc1. The molecule has 1 fully saturated rings. The first-order valence-corrected chi connectivity index (χ1v) is 8.39. The summed E-state index contributed by atoms with van der Waals surface area (Å²) >= 11 is 0. The van der Waals surface area contributed by atoms with Crippen molar-refractivity contribution in [3.63, 3.8) is 0 Å². The molecular weight excluding hydrogens is 307 g/mol. The molecule has 1 aromatic heterocycles. The maximum atomic E-state index is 13.3. The lowest BCUT2D eigenvalue weighted by molar-refractivity contribution is 0.0179. The van der Waals surface area contributed by atoms with Crippen molar-refractivity contribution in [2.45, 2.75) is 31.3 Å². The Bertz CT molecular complexity index is 774. The molecule has 4 nitrogen and oxygen atoms in total. The van der Waals surface area contributed by atoms with Crippen LogP contribution in [0.25, 0.3) is 11.3 Å². The van der Waals surface area contributed by atoms with Crippen molar-refractivity contribution < 1.29 is 14.2 Å². The molecule has 1 aromatic carbocycles. The maximum Gasteiger partial charge on any atom is 0.149 e. The highest BCUT2D eigenvalue weighted by molar-refractivity contribution is 5.70. The van der Waals surface area contributed by atoms with Crippen LogP contribution in [-0.4, -0.2) is 23.2 Å². The summed E-state index contributed by atoms with van der Waals surface area (Å²) < 4.78 is 19.1. The molecule has 4 rings (SSSR count). The first kappa shape index (κ1) is 15.5. The van der Waals surface area contributed by atoms with Crippen LogP contribution in [0.15, 0.2) is 30.3 Å². The van der Waals surface area contributed by atoms with Crippen LogP contribution in [0.4, 0.5) is 4.39 Å². The molecule has 1 unspecified atom stereocenters. The van der Waals surface area contributed by atoms with Gasteiger partial charge in [-0.05, 0) is 49.1 Å². The second kappa shape index (κ2) is 5.53. The van der Waals surface area contributed by atoms with Gasteiger partial charge in [-0.3, -0.25) is 0 Å². The number of ether oxygens (including phenoxy) is 1. The van der Waals surface area contributed by atoms with Crippen LogP contribution in [0.3, 0.4) is 0 Å². The lowest BCUT2D eigenvalue weighted by atomic mass is 9.89. The second-order valence-electron chi connectivity index (χ2n) is 6.90. The average molecular weight is 328 g/mol. The molecule has 0 amide bonds. The van der Waals surface area contributed by atoms with Crippen molar-refractivity contribution in [1.29, 1.82) is 0 Å². The highest BCUT2D eigenvalue weighted by Crippen LogP contribution is 2.48. The number of hydrogen-bond donors (Lipinski definition) is 2. The van der Waals surface area contributed by atoms with Crippen LogP contribution < -0.4 is 10.5 Å². The number of benzene rings is 1. The maximum absolute atomic E-state index is 13.3. The van der Waals surface area contributed by atoms with E-state index in [-0.39, 0.29) is 24.2 Å². The van der Waals surface area contributed by atoms with E-state index in [1.807, 2.05) is 6.07 Å². The molecule has 1 aliphatic heterocycles. The molecule has 126 valence electrons. The summed E-state index contributed by atoms with van der Waals surface area (Å²) in [7, 11) is 0. The van der Waals surface area contributed by atoms with Crippen molar-refractivity contribution in [3.8, 4) is 17.0 Å². The quantitative estimate of drug-likeness (QED) is 0.905. The van der Waals surface area contributed by atoms with Crippen molar-refractivity contribution in [2.75, 3.05) is 13.2 Å². The lowest BCUT2D eigenvalue weighted by Gasteiger charge is -2.27. The van der Waals surface area contributed by atoms with Gasteiger partial charge in [0, 0.05) is 23.6 Å². The Balaban J connectivity index is 1.89. The van der Waals surface area contributed by atoms with Gasteiger partial charge in [-0.25, -0.2) is 9.37 Å². The van der Waals surface area contributed by atoms with E-state index in [0.29, 0.717) is 18.0 Å². The van der Waals surface area contributed by atoms with Crippen LogP contribution >= 0.6 is 0 Å². The van der Waals surface area contributed by atoms with Crippen LogP contribution in [-0.2, 0) is 5.60 Å². The van der Waals surface area contributed by atoms with Gasteiger partial charge in [-0.15, -0.1) is 0 Å². The van der Waals surface area contributed by atoms with Crippen LogP contribution in [0.2, 0.25) is 0 Å². The molecule has 1 saturated carbocycles. The topological polar surface area (TPSA) is 68.4 Å². The summed E-state index contributed by atoms with van der Waals surface area (Å²) in [5, 5.41) is 11.1.